The van der Waals surface area contributed by atoms with Crippen molar-refractivity contribution in [3.8, 4) is 22.8 Å². The van der Waals surface area contributed by atoms with Crippen molar-refractivity contribution in [2.45, 2.75) is 13.1 Å². The van der Waals surface area contributed by atoms with Crippen molar-refractivity contribution in [3.05, 3.63) is 76.8 Å². The molecule has 1 aromatic heterocycles. The molecule has 0 aliphatic rings. The topological polar surface area (TPSA) is 82.4 Å². The zero-order valence-electron chi connectivity index (χ0n) is 15.7. The second-order valence-electron chi connectivity index (χ2n) is 6.03. The number of aromatic nitrogens is 2. The van der Waals surface area contributed by atoms with Gasteiger partial charge in [0.2, 0.25) is 5.91 Å². The molecule has 1 heterocycles. The smallest absolute Gasteiger partial charge is 0.254 e. The van der Waals surface area contributed by atoms with Gasteiger partial charge in [0.15, 0.2) is 0 Å². The minimum atomic E-state index is -0.316. The molecule has 0 saturated heterocycles. The Morgan fingerprint density at radius 2 is 1.71 bits per heavy atom. The fourth-order valence-corrected chi connectivity index (χ4v) is 2.80. The number of hydrogen-bond acceptors (Lipinski definition) is 5. The van der Waals surface area contributed by atoms with E-state index in [1.54, 1.807) is 20.3 Å². The molecule has 0 bridgehead atoms. The number of carbonyl (C=O) groups is 1. The third kappa shape index (κ3) is 4.37. The van der Waals surface area contributed by atoms with Crippen LogP contribution in [-0.2, 0) is 17.9 Å². The number of rotatable bonds is 7. The molecule has 7 nitrogen and oxygen atoms in total. The first-order valence-electron chi connectivity index (χ1n) is 8.71. The van der Waals surface area contributed by atoms with E-state index in [1.165, 1.54) is 17.0 Å². The summed E-state index contributed by atoms with van der Waals surface area (Å²) < 4.78 is 11.8. The molecular formula is C21H21N3O4. The van der Waals surface area contributed by atoms with E-state index in [0.29, 0.717) is 23.7 Å². The maximum Gasteiger partial charge on any atom is 0.254 e. The van der Waals surface area contributed by atoms with E-state index in [4.69, 9.17) is 9.47 Å². The zero-order chi connectivity index (χ0) is 19.9. The van der Waals surface area contributed by atoms with E-state index < -0.39 is 0 Å². The van der Waals surface area contributed by atoms with Crippen molar-refractivity contribution in [1.29, 1.82) is 0 Å². The quantitative estimate of drug-likeness (QED) is 0.681. The molecule has 0 aliphatic heterocycles. The minimum absolute atomic E-state index is 0.118. The van der Waals surface area contributed by atoms with Gasteiger partial charge in [-0.05, 0) is 18.2 Å². The van der Waals surface area contributed by atoms with Gasteiger partial charge in [0.25, 0.3) is 5.56 Å². The Hall–Kier alpha value is -3.61. The number of ether oxygens (including phenoxy) is 2. The molecule has 2 aromatic carbocycles. The summed E-state index contributed by atoms with van der Waals surface area (Å²) in [5.74, 6) is 1.03. The highest BCUT2D eigenvalue weighted by Gasteiger charge is 2.10. The number of methoxy groups -OCH3 is 2. The van der Waals surface area contributed by atoms with E-state index in [0.717, 1.165) is 11.1 Å². The van der Waals surface area contributed by atoms with Gasteiger partial charge in [-0.2, -0.15) is 0 Å². The second-order valence-corrected chi connectivity index (χ2v) is 6.03. The van der Waals surface area contributed by atoms with Gasteiger partial charge < -0.3 is 14.8 Å². The van der Waals surface area contributed by atoms with Gasteiger partial charge in [-0.25, -0.2) is 4.98 Å². The van der Waals surface area contributed by atoms with Crippen LogP contribution >= 0.6 is 0 Å². The number of para-hydroxylation sites is 2. The molecule has 1 N–H and O–H groups in total. The maximum absolute atomic E-state index is 12.4. The van der Waals surface area contributed by atoms with E-state index in [1.807, 2.05) is 42.5 Å². The molecule has 0 saturated carbocycles. The average molecular weight is 379 g/mol. The number of nitrogens with one attached hydrogen (secondary N) is 1. The molecular weight excluding hydrogens is 358 g/mol. The molecule has 7 heteroatoms. The summed E-state index contributed by atoms with van der Waals surface area (Å²) in [6.07, 6.45) is 1.37. The van der Waals surface area contributed by atoms with Crippen molar-refractivity contribution < 1.29 is 14.3 Å². The molecule has 0 aliphatic carbocycles. The van der Waals surface area contributed by atoms with Crippen LogP contribution in [0.2, 0.25) is 0 Å². The van der Waals surface area contributed by atoms with Crippen LogP contribution in [0.15, 0.2) is 65.7 Å². The number of hydrogen-bond donors (Lipinski definition) is 1. The summed E-state index contributed by atoms with van der Waals surface area (Å²) in [6, 6.07) is 16.1. The first-order chi connectivity index (χ1) is 13.6. The van der Waals surface area contributed by atoms with Crippen LogP contribution < -0.4 is 20.3 Å². The number of benzene rings is 2. The van der Waals surface area contributed by atoms with Crippen molar-refractivity contribution >= 4 is 5.91 Å². The molecule has 0 unspecified atom stereocenters. The lowest BCUT2D eigenvalue weighted by atomic mass is 10.1. The SMILES string of the molecule is COc1ccccc1CNC(=O)Cn1cnc(-c2ccccc2OC)cc1=O. The van der Waals surface area contributed by atoms with Crippen LogP contribution in [0.3, 0.4) is 0 Å². The zero-order valence-corrected chi connectivity index (χ0v) is 15.7. The lowest BCUT2D eigenvalue weighted by Crippen LogP contribution is -2.32. The van der Waals surface area contributed by atoms with Crippen molar-refractivity contribution in [2.75, 3.05) is 14.2 Å². The summed E-state index contributed by atoms with van der Waals surface area (Å²) in [5.41, 5.74) is 1.75. The Labute approximate surface area is 162 Å². The van der Waals surface area contributed by atoms with Gasteiger partial charge in [0, 0.05) is 23.7 Å². The predicted molar refractivity (Wildman–Crippen MR) is 105 cm³/mol. The van der Waals surface area contributed by atoms with Gasteiger partial charge in [-0.15, -0.1) is 0 Å². The highest BCUT2D eigenvalue weighted by Crippen LogP contribution is 2.26. The van der Waals surface area contributed by atoms with Crippen molar-refractivity contribution in [1.82, 2.24) is 14.9 Å². The van der Waals surface area contributed by atoms with Crippen LogP contribution in [0.5, 0.6) is 11.5 Å². The molecule has 0 radical (unpaired) electrons. The third-order valence-electron chi connectivity index (χ3n) is 4.24. The first-order valence-corrected chi connectivity index (χ1v) is 8.71. The van der Waals surface area contributed by atoms with Gasteiger partial charge in [-0.1, -0.05) is 30.3 Å². The molecule has 0 atom stereocenters. The summed E-state index contributed by atoms with van der Waals surface area (Å²) in [5, 5.41) is 2.79. The number of carbonyl (C=O) groups excluding carboxylic acids is 1. The Morgan fingerprint density at radius 1 is 1.04 bits per heavy atom. The summed E-state index contributed by atoms with van der Waals surface area (Å²) >= 11 is 0. The Morgan fingerprint density at radius 3 is 2.43 bits per heavy atom. The summed E-state index contributed by atoms with van der Waals surface area (Å²) in [7, 11) is 3.14. The van der Waals surface area contributed by atoms with Crippen LogP contribution in [0.4, 0.5) is 0 Å². The lowest BCUT2D eigenvalue weighted by Gasteiger charge is -2.11. The third-order valence-corrected chi connectivity index (χ3v) is 4.24. The lowest BCUT2D eigenvalue weighted by molar-refractivity contribution is -0.121. The molecule has 28 heavy (non-hydrogen) atoms. The van der Waals surface area contributed by atoms with Crippen LogP contribution in [-0.4, -0.2) is 29.7 Å². The molecule has 3 rings (SSSR count). The Balaban J connectivity index is 1.69. The molecule has 1 amide bonds. The van der Waals surface area contributed by atoms with E-state index in [2.05, 4.69) is 10.3 Å². The average Bonchev–Trinajstić information content (AvgIpc) is 2.73. The summed E-state index contributed by atoms with van der Waals surface area (Å²) in [6.45, 7) is 0.192. The monoisotopic (exact) mass is 379 g/mol. The van der Waals surface area contributed by atoms with E-state index in [9.17, 15) is 9.59 Å². The maximum atomic E-state index is 12.4. The number of nitrogens with zero attached hydrogens (tertiary/aromatic N) is 2. The van der Waals surface area contributed by atoms with Crippen molar-refractivity contribution in [3.63, 3.8) is 0 Å². The minimum Gasteiger partial charge on any atom is -0.496 e. The highest BCUT2D eigenvalue weighted by molar-refractivity contribution is 5.75. The fraction of sp³-hybridized carbons (Fsp3) is 0.190. The molecule has 3 aromatic rings. The summed E-state index contributed by atoms with van der Waals surface area (Å²) in [4.78, 5) is 28.9. The van der Waals surface area contributed by atoms with Gasteiger partial charge in [0.1, 0.15) is 18.0 Å². The van der Waals surface area contributed by atoms with E-state index >= 15 is 0 Å². The van der Waals surface area contributed by atoms with E-state index in [-0.39, 0.29) is 18.0 Å². The largest absolute Gasteiger partial charge is 0.496 e. The second kappa shape index (κ2) is 8.85. The van der Waals surface area contributed by atoms with Crippen LogP contribution in [0.25, 0.3) is 11.3 Å². The highest BCUT2D eigenvalue weighted by atomic mass is 16.5. The normalized spacial score (nSPS) is 10.4. The van der Waals surface area contributed by atoms with Crippen LogP contribution in [0, 0.1) is 0 Å². The molecule has 0 fully saturated rings. The standard InChI is InChI=1S/C21H21N3O4/c1-27-18-9-5-3-7-15(18)12-22-20(25)13-24-14-23-17(11-21(24)26)16-8-4-6-10-19(16)28-2/h3-11,14H,12-13H2,1-2H3,(H,22,25). The Kier molecular flexibility index (Phi) is 6.06. The Bertz CT molecular complexity index is 1030. The van der Waals surface area contributed by atoms with Gasteiger partial charge >= 0.3 is 0 Å². The number of amides is 1. The van der Waals surface area contributed by atoms with Crippen molar-refractivity contribution in [2.24, 2.45) is 0 Å². The molecule has 144 valence electrons. The molecule has 0 spiro atoms. The van der Waals surface area contributed by atoms with Crippen LogP contribution in [0.1, 0.15) is 5.56 Å². The first kappa shape index (κ1) is 19.2. The fourth-order valence-electron chi connectivity index (χ4n) is 2.80. The van der Waals surface area contributed by atoms with Gasteiger partial charge in [-0.3, -0.25) is 14.2 Å². The predicted octanol–water partition coefficient (Wildman–Crippen LogP) is 2.24. The van der Waals surface area contributed by atoms with Gasteiger partial charge in [0.05, 0.1) is 26.2 Å².